The molecule has 30 heavy (non-hydrogen) atoms. The van der Waals surface area contributed by atoms with E-state index in [4.69, 9.17) is 16.3 Å². The standard InChI is InChI=1S/C23H17ClN2O4/c1-30-17-10-8-14(9-11-17)21(27)19-20(15-5-4-6-16(24)13-15)26(23(29)22(19)28)18-7-2-3-12-25-18/h2-13,19-20H,1H3. The van der Waals surface area contributed by atoms with Crippen LogP contribution in [0.1, 0.15) is 22.0 Å². The van der Waals surface area contributed by atoms with Crippen molar-refractivity contribution >= 4 is 34.9 Å². The number of rotatable bonds is 5. The Morgan fingerprint density at radius 2 is 1.80 bits per heavy atom. The monoisotopic (exact) mass is 420 g/mol. The van der Waals surface area contributed by atoms with Gasteiger partial charge in [0.1, 0.15) is 17.5 Å². The summed E-state index contributed by atoms with van der Waals surface area (Å²) in [4.78, 5) is 44.8. The van der Waals surface area contributed by atoms with E-state index in [1.54, 1.807) is 66.7 Å². The maximum Gasteiger partial charge on any atom is 0.297 e. The van der Waals surface area contributed by atoms with Crippen LogP contribution in [-0.2, 0) is 9.59 Å². The second kappa shape index (κ2) is 8.08. The molecular formula is C23H17ClN2O4. The molecule has 2 aromatic carbocycles. The largest absolute Gasteiger partial charge is 0.497 e. The first-order chi connectivity index (χ1) is 14.5. The van der Waals surface area contributed by atoms with Crippen LogP contribution in [0, 0.1) is 5.92 Å². The van der Waals surface area contributed by atoms with Gasteiger partial charge in [-0.2, -0.15) is 0 Å². The zero-order valence-electron chi connectivity index (χ0n) is 16.0. The predicted molar refractivity (Wildman–Crippen MR) is 112 cm³/mol. The summed E-state index contributed by atoms with van der Waals surface area (Å²) in [6.07, 6.45) is 1.53. The van der Waals surface area contributed by atoms with Gasteiger partial charge >= 0.3 is 0 Å². The van der Waals surface area contributed by atoms with Gasteiger partial charge in [-0.05, 0) is 54.1 Å². The smallest absolute Gasteiger partial charge is 0.297 e. The number of hydrogen-bond donors (Lipinski definition) is 0. The molecule has 0 aliphatic carbocycles. The van der Waals surface area contributed by atoms with Crippen LogP contribution in [0.3, 0.4) is 0 Å². The summed E-state index contributed by atoms with van der Waals surface area (Å²) in [5, 5.41) is 0.441. The summed E-state index contributed by atoms with van der Waals surface area (Å²) >= 11 is 6.16. The average Bonchev–Trinajstić information content (AvgIpc) is 3.04. The Bertz CT molecular complexity index is 1120. The third kappa shape index (κ3) is 3.46. The first kappa shape index (κ1) is 19.8. The molecule has 1 amide bonds. The van der Waals surface area contributed by atoms with Crippen molar-refractivity contribution in [1.29, 1.82) is 0 Å². The molecule has 0 bridgehead atoms. The lowest BCUT2D eigenvalue weighted by molar-refractivity contribution is -0.135. The number of benzene rings is 2. The van der Waals surface area contributed by atoms with Crippen molar-refractivity contribution in [2.24, 2.45) is 5.92 Å². The molecule has 1 fully saturated rings. The van der Waals surface area contributed by atoms with Gasteiger partial charge in [-0.1, -0.05) is 29.8 Å². The van der Waals surface area contributed by atoms with Crippen LogP contribution >= 0.6 is 11.6 Å². The van der Waals surface area contributed by atoms with Crippen LogP contribution in [0.2, 0.25) is 5.02 Å². The van der Waals surface area contributed by atoms with Crippen LogP contribution in [0.4, 0.5) is 5.82 Å². The fourth-order valence-corrected chi connectivity index (χ4v) is 3.84. The van der Waals surface area contributed by atoms with Crippen LogP contribution < -0.4 is 9.64 Å². The number of Topliss-reactive ketones (excluding diaryl/α,β-unsaturated/α-hetero) is 2. The number of hydrogen-bond acceptors (Lipinski definition) is 5. The molecule has 2 atom stereocenters. The predicted octanol–water partition coefficient (Wildman–Crippen LogP) is 3.90. The van der Waals surface area contributed by atoms with Gasteiger partial charge in [0.05, 0.1) is 13.2 Å². The molecule has 3 aromatic rings. The van der Waals surface area contributed by atoms with E-state index >= 15 is 0 Å². The number of halogens is 1. The lowest BCUT2D eigenvalue weighted by Gasteiger charge is -2.26. The van der Waals surface area contributed by atoms with E-state index in [9.17, 15) is 14.4 Å². The van der Waals surface area contributed by atoms with Gasteiger partial charge in [0, 0.05) is 16.8 Å². The molecule has 150 valence electrons. The summed E-state index contributed by atoms with van der Waals surface area (Å²) in [6, 6.07) is 17.4. The lowest BCUT2D eigenvalue weighted by Crippen LogP contribution is -2.31. The molecule has 4 rings (SSSR count). The second-order valence-corrected chi connectivity index (χ2v) is 7.23. The molecule has 7 heteroatoms. The number of ketones is 2. The van der Waals surface area contributed by atoms with Gasteiger partial charge in [0.25, 0.3) is 5.91 Å². The normalized spacial score (nSPS) is 18.5. The van der Waals surface area contributed by atoms with Gasteiger partial charge in [-0.3, -0.25) is 19.3 Å². The highest BCUT2D eigenvalue weighted by Crippen LogP contribution is 2.41. The minimum atomic E-state index is -1.22. The van der Waals surface area contributed by atoms with Crippen molar-refractivity contribution < 1.29 is 19.1 Å². The van der Waals surface area contributed by atoms with E-state index in [1.165, 1.54) is 18.2 Å². The number of pyridine rings is 1. The van der Waals surface area contributed by atoms with Crippen LogP contribution in [0.5, 0.6) is 5.75 Å². The summed E-state index contributed by atoms with van der Waals surface area (Å²) in [6.45, 7) is 0. The van der Waals surface area contributed by atoms with Gasteiger partial charge < -0.3 is 4.74 Å². The minimum Gasteiger partial charge on any atom is -0.497 e. The highest BCUT2D eigenvalue weighted by atomic mass is 35.5. The third-order valence-electron chi connectivity index (χ3n) is 5.05. The maximum absolute atomic E-state index is 13.4. The number of methoxy groups -OCH3 is 1. The van der Waals surface area contributed by atoms with Gasteiger partial charge in [-0.25, -0.2) is 4.98 Å². The highest BCUT2D eigenvalue weighted by Gasteiger charge is 2.52. The van der Waals surface area contributed by atoms with Crippen molar-refractivity contribution in [3.05, 3.63) is 89.1 Å². The quantitative estimate of drug-likeness (QED) is 0.355. The van der Waals surface area contributed by atoms with Crippen LogP contribution in [0.15, 0.2) is 72.9 Å². The molecule has 2 heterocycles. The summed E-state index contributed by atoms with van der Waals surface area (Å²) in [7, 11) is 1.52. The zero-order chi connectivity index (χ0) is 21.3. The molecule has 1 aliphatic heterocycles. The Balaban J connectivity index is 1.83. The number of nitrogens with zero attached hydrogens (tertiary/aromatic N) is 2. The molecular weight excluding hydrogens is 404 g/mol. The van der Waals surface area contributed by atoms with Gasteiger partial charge in [0.2, 0.25) is 5.78 Å². The highest BCUT2D eigenvalue weighted by molar-refractivity contribution is 6.48. The van der Waals surface area contributed by atoms with Crippen molar-refractivity contribution in [2.75, 3.05) is 12.0 Å². The molecule has 1 aliphatic rings. The van der Waals surface area contributed by atoms with Gasteiger partial charge in [-0.15, -0.1) is 0 Å². The number of anilines is 1. The molecule has 0 saturated carbocycles. The maximum atomic E-state index is 13.4. The van der Waals surface area contributed by atoms with Crippen molar-refractivity contribution in [3.63, 3.8) is 0 Å². The first-order valence-electron chi connectivity index (χ1n) is 9.23. The molecule has 0 N–H and O–H groups in total. The van der Waals surface area contributed by atoms with Crippen molar-refractivity contribution in [2.45, 2.75) is 6.04 Å². The SMILES string of the molecule is COc1ccc(C(=O)C2C(=O)C(=O)N(c3ccccn3)C2c2cccc(Cl)c2)cc1. The molecule has 2 unspecified atom stereocenters. The summed E-state index contributed by atoms with van der Waals surface area (Å²) in [5.41, 5.74) is 0.899. The van der Waals surface area contributed by atoms with Crippen LogP contribution in [0.25, 0.3) is 0 Å². The fraction of sp³-hybridized carbons (Fsp3) is 0.130. The van der Waals surface area contributed by atoms with Crippen molar-refractivity contribution in [3.8, 4) is 5.75 Å². The number of carbonyl (C=O) groups is 3. The topological polar surface area (TPSA) is 76.6 Å². The molecule has 0 spiro atoms. The lowest BCUT2D eigenvalue weighted by atomic mass is 9.86. The number of ether oxygens (including phenoxy) is 1. The molecule has 0 radical (unpaired) electrons. The fourth-order valence-electron chi connectivity index (χ4n) is 3.64. The van der Waals surface area contributed by atoms with Gasteiger partial charge in [0.15, 0.2) is 5.78 Å². The van der Waals surface area contributed by atoms with E-state index in [0.717, 1.165) is 0 Å². The zero-order valence-corrected chi connectivity index (χ0v) is 16.7. The Hall–Kier alpha value is -3.51. The Kier molecular flexibility index (Phi) is 5.33. The van der Waals surface area contributed by atoms with E-state index in [0.29, 0.717) is 27.7 Å². The van der Waals surface area contributed by atoms with E-state index < -0.39 is 29.4 Å². The number of aromatic nitrogens is 1. The Labute approximate surface area is 178 Å². The Morgan fingerprint density at radius 1 is 1.03 bits per heavy atom. The van der Waals surface area contributed by atoms with E-state index in [2.05, 4.69) is 4.98 Å². The van der Waals surface area contributed by atoms with Crippen molar-refractivity contribution in [1.82, 2.24) is 4.98 Å². The number of amides is 1. The second-order valence-electron chi connectivity index (χ2n) is 6.80. The Morgan fingerprint density at radius 3 is 2.43 bits per heavy atom. The molecule has 6 nitrogen and oxygen atoms in total. The van der Waals surface area contributed by atoms with E-state index in [1.807, 2.05) is 0 Å². The summed E-state index contributed by atoms with van der Waals surface area (Å²) in [5.74, 6) is -2.32. The summed E-state index contributed by atoms with van der Waals surface area (Å²) < 4.78 is 5.13. The first-order valence-corrected chi connectivity index (χ1v) is 9.61. The molecule has 1 aromatic heterocycles. The van der Waals surface area contributed by atoms with Crippen LogP contribution in [-0.4, -0.2) is 29.6 Å². The molecule has 1 saturated heterocycles. The third-order valence-corrected chi connectivity index (χ3v) is 5.28. The average molecular weight is 421 g/mol. The minimum absolute atomic E-state index is 0.297. The number of carbonyl (C=O) groups excluding carboxylic acids is 3. The van der Waals surface area contributed by atoms with E-state index in [-0.39, 0.29) is 0 Å².